The Labute approximate surface area is 141 Å². The molecule has 3 rings (SSSR count). The highest BCUT2D eigenvalue weighted by molar-refractivity contribution is 5.78. The molecule has 24 heavy (non-hydrogen) atoms. The second-order valence-corrected chi connectivity index (χ2v) is 5.27. The van der Waals surface area contributed by atoms with Gasteiger partial charge in [0.25, 0.3) is 0 Å². The van der Waals surface area contributed by atoms with Crippen LogP contribution in [-0.2, 0) is 4.79 Å². The number of nitrogens with one attached hydrogen (secondary N) is 2. The van der Waals surface area contributed by atoms with Crippen molar-refractivity contribution in [1.82, 2.24) is 0 Å². The summed E-state index contributed by atoms with van der Waals surface area (Å²) in [6.45, 7) is 0. The van der Waals surface area contributed by atoms with Crippen molar-refractivity contribution >= 4 is 23.5 Å². The number of hydrogen-bond donors (Lipinski definition) is 2. The summed E-state index contributed by atoms with van der Waals surface area (Å²) < 4.78 is 0. The van der Waals surface area contributed by atoms with Gasteiger partial charge < -0.3 is 10.6 Å². The van der Waals surface area contributed by atoms with Crippen molar-refractivity contribution in [2.75, 3.05) is 15.5 Å². The summed E-state index contributed by atoms with van der Waals surface area (Å²) in [7, 11) is 0. The average Bonchev–Trinajstić information content (AvgIpc) is 2.65. The molecule has 0 saturated heterocycles. The monoisotopic (exact) mass is 317 g/mol. The van der Waals surface area contributed by atoms with E-state index in [2.05, 4.69) is 10.6 Å². The predicted octanol–water partition coefficient (Wildman–Crippen LogP) is 4.16. The predicted molar refractivity (Wildman–Crippen MR) is 98.9 cm³/mol. The maximum atomic E-state index is 11.8. The number of amides is 1. The minimum atomic E-state index is -0.422. The molecule has 0 aliphatic heterocycles. The number of rotatable bonds is 7. The van der Waals surface area contributed by atoms with Crippen LogP contribution >= 0.6 is 0 Å². The van der Waals surface area contributed by atoms with Crippen LogP contribution in [0.1, 0.15) is 0 Å². The molecule has 0 aliphatic rings. The lowest BCUT2D eigenvalue weighted by molar-refractivity contribution is -0.107. The first-order valence-electron chi connectivity index (χ1n) is 7.79. The molecule has 2 N–H and O–H groups in total. The molecule has 3 aromatic rings. The van der Waals surface area contributed by atoms with Crippen LogP contribution in [0.25, 0.3) is 0 Å². The number of hydrogen-bond acceptors (Lipinski definition) is 3. The molecular weight excluding hydrogens is 298 g/mol. The van der Waals surface area contributed by atoms with Crippen LogP contribution in [0.2, 0.25) is 0 Å². The molecule has 0 radical (unpaired) electrons. The highest BCUT2D eigenvalue weighted by Gasteiger charge is 2.18. The topological polar surface area (TPSA) is 44.4 Å². The van der Waals surface area contributed by atoms with Gasteiger partial charge in [0.2, 0.25) is 6.41 Å². The van der Waals surface area contributed by atoms with Crippen LogP contribution in [0.3, 0.4) is 0 Å². The Morgan fingerprint density at radius 3 is 1.50 bits per heavy atom. The molecule has 0 spiro atoms. The molecule has 0 heterocycles. The molecule has 120 valence electrons. The second kappa shape index (κ2) is 7.83. The summed E-state index contributed by atoms with van der Waals surface area (Å²) in [6.07, 6.45) is 0.404. The van der Waals surface area contributed by atoms with E-state index in [1.807, 2.05) is 91.0 Å². The van der Waals surface area contributed by atoms with Gasteiger partial charge in [-0.25, -0.2) is 0 Å². The van der Waals surface area contributed by atoms with Crippen molar-refractivity contribution < 1.29 is 4.79 Å². The van der Waals surface area contributed by atoms with Crippen LogP contribution in [0.5, 0.6) is 0 Å². The fourth-order valence-corrected chi connectivity index (χ4v) is 2.43. The van der Waals surface area contributed by atoms with Gasteiger partial charge in [0.1, 0.15) is 0 Å². The number of anilines is 3. The van der Waals surface area contributed by atoms with Crippen LogP contribution in [0, 0.1) is 0 Å². The van der Waals surface area contributed by atoms with Crippen molar-refractivity contribution in [2.24, 2.45) is 0 Å². The highest BCUT2D eigenvalue weighted by Crippen LogP contribution is 2.19. The van der Waals surface area contributed by atoms with Gasteiger partial charge in [-0.2, -0.15) is 0 Å². The lowest BCUT2D eigenvalue weighted by Gasteiger charge is -2.31. The average molecular weight is 317 g/mol. The van der Waals surface area contributed by atoms with E-state index in [4.69, 9.17) is 0 Å². The van der Waals surface area contributed by atoms with E-state index in [1.165, 1.54) is 0 Å². The van der Waals surface area contributed by atoms with Gasteiger partial charge in [0.05, 0.1) is 0 Å². The molecule has 0 unspecified atom stereocenters. The Morgan fingerprint density at radius 2 is 1.08 bits per heavy atom. The summed E-state index contributed by atoms with van der Waals surface area (Å²) in [5, 5.41) is 6.72. The summed E-state index contributed by atoms with van der Waals surface area (Å²) in [5.74, 6) is 0. The molecule has 0 atom stereocenters. The van der Waals surface area contributed by atoms with Crippen LogP contribution in [-0.4, -0.2) is 12.7 Å². The van der Waals surface area contributed by atoms with E-state index < -0.39 is 6.29 Å². The Hall–Kier alpha value is -3.27. The van der Waals surface area contributed by atoms with Crippen molar-refractivity contribution in [1.29, 1.82) is 0 Å². The number of carbonyl (C=O) groups is 1. The number of para-hydroxylation sites is 3. The Bertz CT molecular complexity index is 706. The molecule has 4 nitrogen and oxygen atoms in total. The third-order valence-electron chi connectivity index (χ3n) is 3.60. The highest BCUT2D eigenvalue weighted by atomic mass is 16.1. The van der Waals surface area contributed by atoms with Crippen LogP contribution < -0.4 is 15.5 Å². The first-order chi connectivity index (χ1) is 11.9. The SMILES string of the molecule is O=CN(c1ccccc1)C(Nc1ccccc1)Nc1ccccc1. The fourth-order valence-electron chi connectivity index (χ4n) is 2.43. The number of benzene rings is 3. The van der Waals surface area contributed by atoms with Gasteiger partial charge in [0, 0.05) is 17.1 Å². The van der Waals surface area contributed by atoms with Gasteiger partial charge in [-0.1, -0.05) is 54.6 Å². The largest absolute Gasteiger partial charge is 0.348 e. The van der Waals surface area contributed by atoms with Gasteiger partial charge in [-0.15, -0.1) is 0 Å². The van der Waals surface area contributed by atoms with E-state index in [9.17, 15) is 4.79 Å². The van der Waals surface area contributed by atoms with Crippen molar-refractivity contribution in [3.05, 3.63) is 91.0 Å². The Balaban J connectivity index is 1.89. The van der Waals surface area contributed by atoms with Gasteiger partial charge in [-0.3, -0.25) is 9.69 Å². The molecule has 4 heteroatoms. The lowest BCUT2D eigenvalue weighted by atomic mass is 10.2. The third kappa shape index (κ3) is 3.93. The summed E-state index contributed by atoms with van der Waals surface area (Å²) in [5.41, 5.74) is 2.66. The van der Waals surface area contributed by atoms with E-state index >= 15 is 0 Å². The van der Waals surface area contributed by atoms with Crippen molar-refractivity contribution in [3.8, 4) is 0 Å². The van der Waals surface area contributed by atoms with Crippen molar-refractivity contribution in [2.45, 2.75) is 6.29 Å². The van der Waals surface area contributed by atoms with Crippen LogP contribution in [0.4, 0.5) is 17.1 Å². The zero-order valence-corrected chi connectivity index (χ0v) is 13.2. The van der Waals surface area contributed by atoms with Crippen LogP contribution in [0.15, 0.2) is 91.0 Å². The lowest BCUT2D eigenvalue weighted by Crippen LogP contribution is -2.46. The minimum Gasteiger partial charge on any atom is -0.348 e. The Morgan fingerprint density at radius 1 is 0.667 bits per heavy atom. The van der Waals surface area contributed by atoms with Gasteiger partial charge >= 0.3 is 0 Å². The summed E-state index contributed by atoms with van der Waals surface area (Å²) in [6, 6.07) is 29.2. The van der Waals surface area contributed by atoms with E-state index in [0.717, 1.165) is 23.5 Å². The molecule has 0 fully saturated rings. The summed E-state index contributed by atoms with van der Waals surface area (Å²) in [4.78, 5) is 13.4. The Kier molecular flexibility index (Phi) is 5.10. The maximum absolute atomic E-state index is 11.8. The molecule has 0 aliphatic carbocycles. The minimum absolute atomic E-state index is 0.422. The molecule has 0 bridgehead atoms. The maximum Gasteiger partial charge on any atom is 0.217 e. The number of nitrogens with zero attached hydrogens (tertiary/aromatic N) is 1. The van der Waals surface area contributed by atoms with E-state index in [0.29, 0.717) is 0 Å². The quantitative estimate of drug-likeness (QED) is 0.508. The zero-order chi connectivity index (χ0) is 16.6. The zero-order valence-electron chi connectivity index (χ0n) is 13.2. The normalized spacial score (nSPS) is 10.2. The third-order valence-corrected chi connectivity index (χ3v) is 3.60. The first-order valence-corrected chi connectivity index (χ1v) is 7.79. The number of carbonyl (C=O) groups excluding carboxylic acids is 1. The van der Waals surface area contributed by atoms with E-state index in [1.54, 1.807) is 4.90 Å². The molecule has 1 amide bonds. The molecular formula is C20H19N3O. The molecule has 3 aromatic carbocycles. The smallest absolute Gasteiger partial charge is 0.217 e. The van der Waals surface area contributed by atoms with Crippen molar-refractivity contribution in [3.63, 3.8) is 0 Å². The molecule has 0 aromatic heterocycles. The second-order valence-electron chi connectivity index (χ2n) is 5.27. The van der Waals surface area contributed by atoms with E-state index in [-0.39, 0.29) is 0 Å². The standard InChI is InChI=1S/C20H19N3O/c24-16-23(19-14-8-3-9-15-19)20(21-17-10-4-1-5-11-17)22-18-12-6-2-7-13-18/h1-16,20-22H. The summed E-state index contributed by atoms with van der Waals surface area (Å²) >= 11 is 0. The van der Waals surface area contributed by atoms with Gasteiger partial charge in [-0.05, 0) is 36.4 Å². The first kappa shape index (κ1) is 15.6. The fraction of sp³-hybridized carbons (Fsp3) is 0.0500. The molecule has 0 saturated carbocycles. The van der Waals surface area contributed by atoms with Gasteiger partial charge in [0.15, 0.2) is 6.29 Å².